The van der Waals surface area contributed by atoms with Crippen LogP contribution in [0.4, 0.5) is 13.2 Å². The van der Waals surface area contributed by atoms with Crippen molar-refractivity contribution < 1.29 is 22.7 Å². The molecule has 1 aromatic heterocycles. The van der Waals surface area contributed by atoms with Gasteiger partial charge in [0.1, 0.15) is 12.4 Å². The largest absolute Gasteiger partial charge is 0.487 e. The van der Waals surface area contributed by atoms with Gasteiger partial charge in [-0.2, -0.15) is 13.2 Å². The molecule has 2 aromatic rings. The molecule has 1 N–H and O–H groups in total. The summed E-state index contributed by atoms with van der Waals surface area (Å²) < 4.78 is 42.4. The molecule has 0 atom stereocenters. The Kier molecular flexibility index (Phi) is 8.66. The van der Waals surface area contributed by atoms with Crippen LogP contribution in [0.25, 0.3) is 6.08 Å². The number of hydrogen-bond donors (Lipinski definition) is 1. The summed E-state index contributed by atoms with van der Waals surface area (Å²) >= 11 is 1.57. The number of halogens is 3. The maximum atomic E-state index is 12.2. The Morgan fingerprint density at radius 1 is 1.38 bits per heavy atom. The van der Waals surface area contributed by atoms with E-state index in [0.717, 1.165) is 16.3 Å². The number of hydrogen-bond acceptors (Lipinski definition) is 5. The first-order valence-electron chi connectivity index (χ1n) is 9.06. The van der Waals surface area contributed by atoms with Crippen LogP contribution in [0.2, 0.25) is 0 Å². The molecule has 29 heavy (non-hydrogen) atoms. The van der Waals surface area contributed by atoms with Crippen LogP contribution in [0, 0.1) is 6.92 Å². The lowest BCUT2D eigenvalue weighted by molar-refractivity contribution is -0.143. The van der Waals surface area contributed by atoms with E-state index >= 15 is 0 Å². The molecule has 0 saturated carbocycles. The monoisotopic (exact) mass is 427 g/mol. The number of amides is 1. The molecule has 5 nitrogen and oxygen atoms in total. The zero-order chi connectivity index (χ0) is 21.3. The Labute approximate surface area is 172 Å². The SMILES string of the molecule is Cc1nc(COc2cccc(C=CC(=O)NCCCN(C)CC(F)(F)F)c2)cs1. The van der Waals surface area contributed by atoms with Crippen LogP contribution in [-0.4, -0.2) is 48.6 Å². The molecule has 0 saturated heterocycles. The van der Waals surface area contributed by atoms with Crippen LogP contribution in [0.3, 0.4) is 0 Å². The second kappa shape index (κ2) is 11.0. The molecule has 0 aliphatic carbocycles. The highest BCUT2D eigenvalue weighted by Crippen LogP contribution is 2.17. The third-order valence-electron chi connectivity index (χ3n) is 3.80. The Balaban J connectivity index is 1.72. The van der Waals surface area contributed by atoms with Crippen molar-refractivity contribution in [1.29, 1.82) is 0 Å². The Morgan fingerprint density at radius 3 is 2.86 bits per heavy atom. The first-order chi connectivity index (χ1) is 13.7. The van der Waals surface area contributed by atoms with Gasteiger partial charge in [0, 0.05) is 18.0 Å². The van der Waals surface area contributed by atoms with E-state index in [0.29, 0.717) is 25.3 Å². The maximum Gasteiger partial charge on any atom is 0.401 e. The van der Waals surface area contributed by atoms with Crippen molar-refractivity contribution in [2.75, 3.05) is 26.7 Å². The number of ether oxygens (including phenoxy) is 1. The number of nitrogens with zero attached hydrogens (tertiary/aromatic N) is 2. The van der Waals surface area contributed by atoms with Gasteiger partial charge in [0.25, 0.3) is 0 Å². The molecule has 0 aliphatic rings. The minimum absolute atomic E-state index is 0.251. The van der Waals surface area contributed by atoms with E-state index in [4.69, 9.17) is 4.74 Å². The van der Waals surface area contributed by atoms with E-state index in [2.05, 4.69) is 10.3 Å². The van der Waals surface area contributed by atoms with Crippen molar-refractivity contribution in [2.45, 2.75) is 26.1 Å². The topological polar surface area (TPSA) is 54.5 Å². The Bertz CT molecular complexity index is 821. The second-order valence-corrected chi connectivity index (χ2v) is 7.61. The van der Waals surface area contributed by atoms with Crippen molar-refractivity contribution in [3.63, 3.8) is 0 Å². The minimum Gasteiger partial charge on any atom is -0.487 e. The van der Waals surface area contributed by atoms with E-state index in [1.807, 2.05) is 36.6 Å². The molecule has 0 fully saturated rings. The number of alkyl halides is 3. The molecule has 2 rings (SSSR count). The van der Waals surface area contributed by atoms with Crippen LogP contribution in [0.5, 0.6) is 5.75 Å². The number of aryl methyl sites for hydroxylation is 1. The number of benzene rings is 1. The van der Waals surface area contributed by atoms with Crippen molar-refractivity contribution in [3.05, 3.63) is 52.0 Å². The molecule has 0 bridgehead atoms. The highest BCUT2D eigenvalue weighted by atomic mass is 32.1. The van der Waals surface area contributed by atoms with Gasteiger partial charge in [0.05, 0.1) is 17.2 Å². The molecule has 158 valence electrons. The average molecular weight is 427 g/mol. The fraction of sp³-hybridized carbons (Fsp3) is 0.400. The standard InChI is InChI=1S/C20H24F3N3O2S/c1-15-25-17(13-29-15)12-28-18-6-3-5-16(11-18)7-8-19(27)24-9-4-10-26(2)14-20(21,22)23/h3,5-8,11,13H,4,9-10,12,14H2,1-2H3,(H,24,27). The van der Waals surface area contributed by atoms with E-state index in [1.54, 1.807) is 17.4 Å². The molecular weight excluding hydrogens is 403 g/mol. The summed E-state index contributed by atoms with van der Waals surface area (Å²) in [6, 6.07) is 7.31. The van der Waals surface area contributed by atoms with Crippen LogP contribution in [0.15, 0.2) is 35.7 Å². The van der Waals surface area contributed by atoms with Crippen LogP contribution in [-0.2, 0) is 11.4 Å². The van der Waals surface area contributed by atoms with Gasteiger partial charge in [-0.25, -0.2) is 4.98 Å². The molecule has 1 aromatic carbocycles. The molecule has 0 aliphatic heterocycles. The number of nitrogens with one attached hydrogen (secondary N) is 1. The zero-order valence-electron chi connectivity index (χ0n) is 16.3. The summed E-state index contributed by atoms with van der Waals surface area (Å²) in [5.74, 6) is 0.374. The highest BCUT2D eigenvalue weighted by molar-refractivity contribution is 7.09. The van der Waals surface area contributed by atoms with Gasteiger partial charge in [-0.15, -0.1) is 11.3 Å². The smallest absolute Gasteiger partial charge is 0.401 e. The quantitative estimate of drug-likeness (QED) is 0.459. The summed E-state index contributed by atoms with van der Waals surface area (Å²) in [5, 5.41) is 5.60. The third kappa shape index (κ3) is 9.58. The average Bonchev–Trinajstić information content (AvgIpc) is 3.06. The lowest BCUT2D eigenvalue weighted by atomic mass is 10.2. The predicted octanol–water partition coefficient (Wildman–Crippen LogP) is 4.04. The number of aromatic nitrogens is 1. The van der Waals surface area contributed by atoms with Crippen molar-refractivity contribution in [3.8, 4) is 5.75 Å². The molecule has 9 heteroatoms. The Hall–Kier alpha value is -2.39. The second-order valence-electron chi connectivity index (χ2n) is 6.55. The fourth-order valence-electron chi connectivity index (χ4n) is 2.52. The fourth-order valence-corrected chi connectivity index (χ4v) is 3.11. The summed E-state index contributed by atoms with van der Waals surface area (Å²) in [7, 11) is 1.40. The molecule has 0 radical (unpaired) electrons. The molecule has 1 heterocycles. The Morgan fingerprint density at radius 2 is 2.17 bits per heavy atom. The van der Waals surface area contributed by atoms with Crippen molar-refractivity contribution in [1.82, 2.24) is 15.2 Å². The highest BCUT2D eigenvalue weighted by Gasteiger charge is 2.28. The van der Waals surface area contributed by atoms with Crippen LogP contribution < -0.4 is 10.1 Å². The zero-order valence-corrected chi connectivity index (χ0v) is 17.1. The predicted molar refractivity (Wildman–Crippen MR) is 108 cm³/mol. The van der Waals surface area contributed by atoms with E-state index in [-0.39, 0.29) is 12.5 Å². The van der Waals surface area contributed by atoms with Gasteiger partial charge in [0.15, 0.2) is 0 Å². The van der Waals surface area contributed by atoms with E-state index in [1.165, 1.54) is 18.0 Å². The van der Waals surface area contributed by atoms with Gasteiger partial charge in [-0.05, 0) is 50.7 Å². The summed E-state index contributed by atoms with van der Waals surface area (Å²) in [4.78, 5) is 17.4. The van der Waals surface area contributed by atoms with Crippen LogP contribution >= 0.6 is 11.3 Å². The molecular formula is C20H24F3N3O2S. The maximum absolute atomic E-state index is 12.2. The van der Waals surface area contributed by atoms with E-state index < -0.39 is 12.7 Å². The van der Waals surface area contributed by atoms with E-state index in [9.17, 15) is 18.0 Å². The van der Waals surface area contributed by atoms with Gasteiger partial charge in [0.2, 0.25) is 5.91 Å². The summed E-state index contributed by atoms with van der Waals surface area (Å²) in [5.41, 5.74) is 1.67. The first-order valence-corrected chi connectivity index (χ1v) is 9.94. The normalized spacial score (nSPS) is 11.9. The number of carbonyl (C=O) groups excluding carboxylic acids is 1. The first kappa shape index (κ1) is 22.9. The van der Waals surface area contributed by atoms with Gasteiger partial charge in [-0.1, -0.05) is 12.1 Å². The van der Waals surface area contributed by atoms with Crippen molar-refractivity contribution in [2.24, 2.45) is 0 Å². The van der Waals surface area contributed by atoms with Gasteiger partial charge in [-0.3, -0.25) is 9.69 Å². The number of rotatable bonds is 10. The molecule has 0 unspecified atom stereocenters. The third-order valence-corrected chi connectivity index (χ3v) is 4.63. The van der Waals surface area contributed by atoms with Gasteiger partial charge < -0.3 is 10.1 Å². The molecule has 1 amide bonds. The minimum atomic E-state index is -4.21. The summed E-state index contributed by atoms with van der Waals surface area (Å²) in [6.07, 6.45) is -0.725. The number of carbonyl (C=O) groups is 1. The van der Waals surface area contributed by atoms with Crippen LogP contribution in [0.1, 0.15) is 22.7 Å². The van der Waals surface area contributed by atoms with Gasteiger partial charge >= 0.3 is 6.18 Å². The van der Waals surface area contributed by atoms with Crippen molar-refractivity contribution >= 4 is 23.3 Å². The number of thiazole rings is 1. The summed E-state index contributed by atoms with van der Waals surface area (Å²) in [6.45, 7) is 1.91. The lowest BCUT2D eigenvalue weighted by Crippen LogP contribution is -2.33. The molecule has 0 spiro atoms. The lowest BCUT2D eigenvalue weighted by Gasteiger charge is -2.18.